The lowest BCUT2D eigenvalue weighted by Gasteiger charge is -2.25. The molecule has 0 fully saturated rings. The predicted octanol–water partition coefficient (Wildman–Crippen LogP) is 3.89. The van der Waals surface area contributed by atoms with Crippen molar-refractivity contribution in [2.24, 2.45) is 5.41 Å². The zero-order chi connectivity index (χ0) is 12.4. The van der Waals surface area contributed by atoms with Gasteiger partial charge in [0.15, 0.2) is 0 Å². The summed E-state index contributed by atoms with van der Waals surface area (Å²) < 4.78 is 36.2. The van der Waals surface area contributed by atoms with Gasteiger partial charge in [-0.3, -0.25) is 4.79 Å². The summed E-state index contributed by atoms with van der Waals surface area (Å²) >= 11 is 10.7. The number of rotatable bonds is 3. The highest BCUT2D eigenvalue weighted by Gasteiger charge is 2.37. The smallest absolute Gasteiger partial charge is 0.299 e. The third-order valence-electron chi connectivity index (χ3n) is 2.16. The zero-order valence-electron chi connectivity index (χ0n) is 8.45. The lowest BCUT2D eigenvalue weighted by Crippen LogP contribution is -2.31. The Morgan fingerprint density at radius 2 is 1.73 bits per heavy atom. The van der Waals surface area contributed by atoms with Gasteiger partial charge in [-0.2, -0.15) is 13.2 Å². The van der Waals surface area contributed by atoms with Crippen LogP contribution in [0.5, 0.6) is 0 Å². The minimum absolute atomic E-state index is 0.301. The maximum atomic E-state index is 12.1. The lowest BCUT2D eigenvalue weighted by molar-refractivity contribution is -0.124. The largest absolute Gasteiger partial charge is 0.426 e. The molecule has 15 heavy (non-hydrogen) atoms. The Kier molecular flexibility index (Phi) is 4.67. The fraction of sp³-hybridized carbons (Fsp3) is 0.667. The van der Waals surface area contributed by atoms with Gasteiger partial charge in [0.05, 0.1) is 5.38 Å². The van der Waals surface area contributed by atoms with E-state index in [1.807, 2.05) is 0 Å². The molecule has 1 unspecified atom stereocenters. The van der Waals surface area contributed by atoms with Crippen LogP contribution in [0.4, 0.5) is 13.2 Å². The van der Waals surface area contributed by atoms with Crippen LogP contribution in [0.1, 0.15) is 20.8 Å². The normalized spacial score (nSPS) is 16.4. The van der Waals surface area contributed by atoms with Crippen LogP contribution < -0.4 is 0 Å². The maximum Gasteiger partial charge on any atom is 0.426 e. The number of carbonyl (C=O) groups is 1. The Hall–Kier alpha value is -0.220. The standard InChI is InChI=1S/C9H11Cl2F3O/c1-5(15)8(2,3)6(10)4-7(11)9(12,13)14/h4,6H,1-3H3. The SMILES string of the molecule is CC(=O)C(C)(C)C(Cl)C=C(Cl)C(F)(F)F. The Labute approximate surface area is 96.2 Å². The molecule has 88 valence electrons. The maximum absolute atomic E-state index is 12.1. The van der Waals surface area contributed by atoms with Gasteiger partial charge < -0.3 is 0 Å². The predicted molar refractivity (Wildman–Crippen MR) is 54.1 cm³/mol. The van der Waals surface area contributed by atoms with E-state index in [1.165, 1.54) is 20.8 Å². The molecule has 0 aliphatic carbocycles. The van der Waals surface area contributed by atoms with E-state index >= 15 is 0 Å². The second kappa shape index (κ2) is 4.74. The number of halogens is 5. The molecule has 1 nitrogen and oxygen atoms in total. The van der Waals surface area contributed by atoms with Crippen molar-refractivity contribution in [3.8, 4) is 0 Å². The minimum atomic E-state index is -4.62. The highest BCUT2D eigenvalue weighted by Crippen LogP contribution is 2.34. The Morgan fingerprint density at radius 3 is 2.00 bits per heavy atom. The third-order valence-corrected chi connectivity index (χ3v) is 3.17. The average Bonchev–Trinajstić information content (AvgIpc) is 2.01. The summed E-state index contributed by atoms with van der Waals surface area (Å²) in [5, 5.41) is -2.40. The molecule has 1 atom stereocenters. The number of carbonyl (C=O) groups excluding carboxylic acids is 1. The van der Waals surface area contributed by atoms with Crippen LogP contribution in [0.3, 0.4) is 0 Å². The van der Waals surface area contributed by atoms with E-state index in [0.29, 0.717) is 6.08 Å². The third kappa shape index (κ3) is 4.03. The zero-order valence-corrected chi connectivity index (χ0v) is 9.96. The van der Waals surface area contributed by atoms with Crippen LogP contribution in [0, 0.1) is 5.41 Å². The van der Waals surface area contributed by atoms with Gasteiger partial charge in [-0.1, -0.05) is 25.4 Å². The molecule has 6 heteroatoms. The molecule has 0 aliphatic rings. The topological polar surface area (TPSA) is 17.1 Å². The summed E-state index contributed by atoms with van der Waals surface area (Å²) in [6, 6.07) is 0. The monoisotopic (exact) mass is 262 g/mol. The van der Waals surface area contributed by atoms with Gasteiger partial charge in [0, 0.05) is 5.41 Å². The van der Waals surface area contributed by atoms with E-state index in [2.05, 4.69) is 0 Å². The minimum Gasteiger partial charge on any atom is -0.299 e. The average molecular weight is 263 g/mol. The van der Waals surface area contributed by atoms with E-state index in [9.17, 15) is 18.0 Å². The molecule has 0 saturated carbocycles. The van der Waals surface area contributed by atoms with Crippen LogP contribution in [0.2, 0.25) is 0 Å². The Bertz CT molecular complexity index is 282. The van der Waals surface area contributed by atoms with E-state index in [-0.39, 0.29) is 5.78 Å². The molecule has 0 rings (SSSR count). The van der Waals surface area contributed by atoms with E-state index in [0.717, 1.165) is 0 Å². The van der Waals surface area contributed by atoms with Crippen LogP contribution in [-0.2, 0) is 4.79 Å². The second-order valence-corrected chi connectivity index (χ2v) is 4.57. The van der Waals surface area contributed by atoms with Gasteiger partial charge in [-0.25, -0.2) is 0 Å². The Morgan fingerprint density at radius 1 is 1.33 bits per heavy atom. The first kappa shape index (κ1) is 14.8. The molecule has 0 saturated heterocycles. The first-order chi connectivity index (χ1) is 6.49. The summed E-state index contributed by atoms with van der Waals surface area (Å²) in [4.78, 5) is 11.1. The van der Waals surface area contributed by atoms with E-state index < -0.39 is 22.0 Å². The highest BCUT2D eigenvalue weighted by molar-refractivity contribution is 6.31. The number of Topliss-reactive ketones (excluding diaryl/α,β-unsaturated/α-hetero) is 1. The summed E-state index contributed by atoms with van der Waals surface area (Å²) in [6.07, 6.45) is -3.98. The highest BCUT2D eigenvalue weighted by atomic mass is 35.5. The number of hydrogen-bond acceptors (Lipinski definition) is 1. The van der Waals surface area contributed by atoms with Crippen molar-refractivity contribution in [3.63, 3.8) is 0 Å². The fourth-order valence-electron chi connectivity index (χ4n) is 0.625. The van der Waals surface area contributed by atoms with Gasteiger partial charge in [0.2, 0.25) is 0 Å². The van der Waals surface area contributed by atoms with Crippen LogP contribution in [0.15, 0.2) is 11.1 Å². The molecule has 0 aromatic heterocycles. The van der Waals surface area contributed by atoms with Crippen molar-refractivity contribution in [1.82, 2.24) is 0 Å². The fourth-order valence-corrected chi connectivity index (χ4v) is 1.10. The molecule has 0 spiro atoms. The molecular weight excluding hydrogens is 252 g/mol. The van der Waals surface area contributed by atoms with Gasteiger partial charge in [0.25, 0.3) is 0 Å². The van der Waals surface area contributed by atoms with Crippen molar-refractivity contribution >= 4 is 29.0 Å². The molecule has 0 radical (unpaired) electrons. The summed E-state index contributed by atoms with van der Waals surface area (Å²) in [7, 11) is 0. The van der Waals surface area contributed by atoms with E-state index in [4.69, 9.17) is 23.2 Å². The van der Waals surface area contributed by atoms with Crippen molar-refractivity contribution in [2.45, 2.75) is 32.3 Å². The second-order valence-electron chi connectivity index (χ2n) is 3.69. The van der Waals surface area contributed by atoms with Crippen molar-refractivity contribution in [3.05, 3.63) is 11.1 Å². The van der Waals surface area contributed by atoms with Gasteiger partial charge in [-0.05, 0) is 13.0 Å². The summed E-state index contributed by atoms with van der Waals surface area (Å²) in [5.41, 5.74) is -1.08. The van der Waals surface area contributed by atoms with Crippen LogP contribution >= 0.6 is 23.2 Å². The first-order valence-electron chi connectivity index (χ1n) is 4.09. The number of ketones is 1. The molecular formula is C9H11Cl2F3O. The summed E-state index contributed by atoms with van der Waals surface area (Å²) in [5.74, 6) is -0.301. The van der Waals surface area contributed by atoms with E-state index in [1.54, 1.807) is 0 Å². The lowest BCUT2D eigenvalue weighted by atomic mass is 9.84. The van der Waals surface area contributed by atoms with Gasteiger partial charge in [-0.15, -0.1) is 11.6 Å². The van der Waals surface area contributed by atoms with Crippen LogP contribution in [0.25, 0.3) is 0 Å². The number of alkyl halides is 4. The summed E-state index contributed by atoms with van der Waals surface area (Å²) in [6.45, 7) is 4.19. The molecule has 0 aromatic rings. The number of hydrogen-bond donors (Lipinski definition) is 0. The molecule has 0 heterocycles. The van der Waals surface area contributed by atoms with Crippen molar-refractivity contribution < 1.29 is 18.0 Å². The van der Waals surface area contributed by atoms with Crippen LogP contribution in [-0.4, -0.2) is 17.3 Å². The molecule has 0 aromatic carbocycles. The molecule has 0 bridgehead atoms. The quantitative estimate of drug-likeness (QED) is 0.706. The molecule has 0 N–H and O–H groups in total. The van der Waals surface area contributed by atoms with Gasteiger partial charge >= 0.3 is 6.18 Å². The van der Waals surface area contributed by atoms with Crippen molar-refractivity contribution in [2.75, 3.05) is 0 Å². The number of allylic oxidation sites excluding steroid dienone is 2. The molecule has 0 aliphatic heterocycles. The van der Waals surface area contributed by atoms with Crippen molar-refractivity contribution in [1.29, 1.82) is 0 Å². The first-order valence-corrected chi connectivity index (χ1v) is 4.90. The van der Waals surface area contributed by atoms with Gasteiger partial charge in [0.1, 0.15) is 10.8 Å². The Balaban J connectivity index is 4.91. The molecule has 0 amide bonds.